The van der Waals surface area contributed by atoms with Gasteiger partial charge in [-0.05, 0) is 6.07 Å². The number of esters is 1. The van der Waals surface area contributed by atoms with Gasteiger partial charge in [0.1, 0.15) is 11.9 Å². The predicted octanol–water partition coefficient (Wildman–Crippen LogP) is 0.843. The van der Waals surface area contributed by atoms with Crippen LogP contribution in [0.4, 0.5) is 8.78 Å². The van der Waals surface area contributed by atoms with Crippen LogP contribution < -0.4 is 5.73 Å². The second-order valence-corrected chi connectivity index (χ2v) is 2.83. The lowest BCUT2D eigenvalue weighted by molar-refractivity contribution is -0.142. The van der Waals surface area contributed by atoms with E-state index in [1.54, 1.807) is 0 Å². The fraction of sp³-hybridized carbons (Fsp3) is 0.222. The Kier molecular flexibility index (Phi) is 3.21. The number of benzene rings is 1. The van der Waals surface area contributed by atoms with Crippen LogP contribution in [-0.2, 0) is 9.53 Å². The molecule has 0 aliphatic rings. The largest absolute Gasteiger partial charge is 0.505 e. The first kappa shape index (κ1) is 11.4. The van der Waals surface area contributed by atoms with Gasteiger partial charge in [-0.2, -0.15) is 0 Å². The quantitative estimate of drug-likeness (QED) is 0.720. The van der Waals surface area contributed by atoms with Crippen LogP contribution in [0.25, 0.3) is 0 Å². The molecule has 0 radical (unpaired) electrons. The third kappa shape index (κ3) is 2.21. The highest BCUT2D eigenvalue weighted by molar-refractivity contribution is 5.78. The van der Waals surface area contributed by atoms with Crippen LogP contribution in [0.5, 0.6) is 5.75 Å². The van der Waals surface area contributed by atoms with Crippen LogP contribution in [0.15, 0.2) is 12.1 Å². The summed E-state index contributed by atoms with van der Waals surface area (Å²) in [5.41, 5.74) is 4.97. The zero-order chi connectivity index (χ0) is 11.6. The van der Waals surface area contributed by atoms with Crippen LogP contribution in [0, 0.1) is 11.6 Å². The van der Waals surface area contributed by atoms with E-state index in [2.05, 4.69) is 4.74 Å². The fourth-order valence-corrected chi connectivity index (χ4v) is 1.08. The molecule has 0 amide bonds. The molecule has 0 aromatic heterocycles. The van der Waals surface area contributed by atoms with E-state index in [1.807, 2.05) is 0 Å². The maximum absolute atomic E-state index is 12.9. The highest BCUT2D eigenvalue weighted by Crippen LogP contribution is 2.27. The van der Waals surface area contributed by atoms with Crippen molar-refractivity contribution in [3.63, 3.8) is 0 Å². The molecule has 82 valence electrons. The smallest absolute Gasteiger partial charge is 0.327 e. The number of phenolic OH excluding ortho intramolecular Hbond substituents is 1. The van der Waals surface area contributed by atoms with Crippen molar-refractivity contribution in [3.8, 4) is 5.75 Å². The molecule has 1 atom stereocenters. The van der Waals surface area contributed by atoms with Crippen molar-refractivity contribution in [2.75, 3.05) is 7.11 Å². The average Bonchev–Trinajstić information content (AvgIpc) is 2.21. The lowest BCUT2D eigenvalue weighted by Crippen LogP contribution is -2.23. The lowest BCUT2D eigenvalue weighted by atomic mass is 10.1. The molecule has 1 unspecified atom stereocenters. The van der Waals surface area contributed by atoms with Gasteiger partial charge in [0.25, 0.3) is 0 Å². The second kappa shape index (κ2) is 4.22. The van der Waals surface area contributed by atoms with Crippen molar-refractivity contribution in [1.82, 2.24) is 0 Å². The first-order valence-corrected chi connectivity index (χ1v) is 3.98. The minimum atomic E-state index is -1.42. The monoisotopic (exact) mass is 217 g/mol. The summed E-state index contributed by atoms with van der Waals surface area (Å²) in [6, 6.07) is -0.150. The Morgan fingerprint density at radius 2 is 2.13 bits per heavy atom. The van der Waals surface area contributed by atoms with Crippen molar-refractivity contribution in [2.24, 2.45) is 5.73 Å². The number of hydrogen-bond donors (Lipinski definition) is 2. The van der Waals surface area contributed by atoms with Crippen LogP contribution in [-0.4, -0.2) is 18.2 Å². The van der Waals surface area contributed by atoms with E-state index < -0.39 is 29.4 Å². The zero-order valence-corrected chi connectivity index (χ0v) is 7.83. The Hall–Kier alpha value is -1.69. The van der Waals surface area contributed by atoms with E-state index >= 15 is 0 Å². The van der Waals surface area contributed by atoms with Gasteiger partial charge in [0, 0.05) is 11.6 Å². The molecule has 1 aromatic carbocycles. The summed E-state index contributed by atoms with van der Waals surface area (Å²) in [6.45, 7) is 0. The van der Waals surface area contributed by atoms with Gasteiger partial charge in [-0.15, -0.1) is 0 Å². The number of methoxy groups -OCH3 is 1. The Balaban J connectivity index is 3.19. The molecule has 0 saturated heterocycles. The van der Waals surface area contributed by atoms with Crippen LogP contribution in [0.1, 0.15) is 11.6 Å². The first-order chi connectivity index (χ1) is 6.97. The third-order valence-corrected chi connectivity index (χ3v) is 1.85. The second-order valence-electron chi connectivity index (χ2n) is 2.83. The predicted molar refractivity (Wildman–Crippen MR) is 47.0 cm³/mol. The first-order valence-electron chi connectivity index (χ1n) is 3.98. The molecule has 0 aliphatic carbocycles. The molecular formula is C9H9F2NO3. The maximum atomic E-state index is 12.9. The van der Waals surface area contributed by atoms with E-state index in [0.717, 1.165) is 13.2 Å². The summed E-state index contributed by atoms with van der Waals surface area (Å²) in [6.07, 6.45) is 0. The van der Waals surface area contributed by atoms with Crippen LogP contribution in [0.2, 0.25) is 0 Å². The number of phenols is 1. The van der Waals surface area contributed by atoms with Gasteiger partial charge in [0.15, 0.2) is 11.6 Å². The standard InChI is InChI=1S/C9H9F2NO3/c1-15-9(14)7(12)5-2-4(10)3-6(11)8(5)13/h2-3,7,13H,12H2,1H3. The molecule has 0 heterocycles. The Bertz CT molecular complexity index is 395. The molecule has 0 spiro atoms. The minimum absolute atomic E-state index is 0.348. The van der Waals surface area contributed by atoms with Gasteiger partial charge in [-0.3, -0.25) is 4.79 Å². The molecular weight excluding hydrogens is 208 g/mol. The van der Waals surface area contributed by atoms with E-state index in [4.69, 9.17) is 5.73 Å². The number of ether oxygens (including phenoxy) is 1. The molecule has 0 fully saturated rings. The average molecular weight is 217 g/mol. The number of hydrogen-bond acceptors (Lipinski definition) is 4. The molecule has 0 saturated carbocycles. The van der Waals surface area contributed by atoms with Crippen molar-refractivity contribution in [3.05, 3.63) is 29.3 Å². The van der Waals surface area contributed by atoms with Crippen molar-refractivity contribution < 1.29 is 23.4 Å². The summed E-state index contributed by atoms with van der Waals surface area (Å²) >= 11 is 0. The van der Waals surface area contributed by atoms with Crippen molar-refractivity contribution >= 4 is 5.97 Å². The molecule has 0 bridgehead atoms. The summed E-state index contributed by atoms with van der Waals surface area (Å²) < 4.78 is 29.9. The van der Waals surface area contributed by atoms with E-state index in [9.17, 15) is 18.7 Å². The highest BCUT2D eigenvalue weighted by atomic mass is 19.1. The number of halogens is 2. The van der Waals surface area contributed by atoms with Crippen molar-refractivity contribution in [1.29, 1.82) is 0 Å². The molecule has 6 heteroatoms. The summed E-state index contributed by atoms with van der Waals surface area (Å²) in [7, 11) is 1.08. The van der Waals surface area contributed by atoms with E-state index in [0.29, 0.717) is 6.07 Å². The molecule has 3 N–H and O–H groups in total. The molecule has 0 aliphatic heterocycles. The van der Waals surface area contributed by atoms with E-state index in [1.165, 1.54) is 0 Å². The molecule has 4 nitrogen and oxygen atoms in total. The van der Waals surface area contributed by atoms with Gasteiger partial charge >= 0.3 is 5.97 Å². The number of nitrogens with two attached hydrogens (primary N) is 1. The topological polar surface area (TPSA) is 72.5 Å². The van der Waals surface area contributed by atoms with Gasteiger partial charge in [0.05, 0.1) is 7.11 Å². The Morgan fingerprint density at radius 1 is 1.53 bits per heavy atom. The Morgan fingerprint density at radius 3 is 2.67 bits per heavy atom. The Labute approximate surface area is 84.3 Å². The van der Waals surface area contributed by atoms with Gasteiger partial charge in [-0.1, -0.05) is 0 Å². The summed E-state index contributed by atoms with van der Waals surface area (Å²) in [4.78, 5) is 11.0. The number of aromatic hydroxyl groups is 1. The minimum Gasteiger partial charge on any atom is -0.505 e. The number of carbonyl (C=O) groups is 1. The molecule has 15 heavy (non-hydrogen) atoms. The van der Waals surface area contributed by atoms with Gasteiger partial charge in [0.2, 0.25) is 0 Å². The maximum Gasteiger partial charge on any atom is 0.327 e. The van der Waals surface area contributed by atoms with Crippen molar-refractivity contribution in [2.45, 2.75) is 6.04 Å². The van der Waals surface area contributed by atoms with Gasteiger partial charge in [-0.25, -0.2) is 8.78 Å². The molecule has 1 rings (SSSR count). The van der Waals surface area contributed by atoms with Gasteiger partial charge < -0.3 is 15.6 Å². The summed E-state index contributed by atoms with van der Waals surface area (Å²) in [5, 5.41) is 9.21. The SMILES string of the molecule is COC(=O)C(N)c1cc(F)cc(F)c1O. The number of carbonyl (C=O) groups excluding carboxylic acids is 1. The highest BCUT2D eigenvalue weighted by Gasteiger charge is 2.22. The number of rotatable bonds is 2. The normalized spacial score (nSPS) is 12.3. The lowest BCUT2D eigenvalue weighted by Gasteiger charge is -2.11. The summed E-state index contributed by atoms with van der Waals surface area (Å²) in [5.74, 6) is -3.85. The zero-order valence-electron chi connectivity index (χ0n) is 7.83. The van der Waals surface area contributed by atoms with Crippen LogP contribution in [0.3, 0.4) is 0 Å². The van der Waals surface area contributed by atoms with E-state index in [-0.39, 0.29) is 5.56 Å². The third-order valence-electron chi connectivity index (χ3n) is 1.85. The van der Waals surface area contributed by atoms with Crippen LogP contribution >= 0.6 is 0 Å². The molecule has 1 aromatic rings. The fourth-order valence-electron chi connectivity index (χ4n) is 1.08.